The first kappa shape index (κ1) is 17.5. The smallest absolute Gasteiger partial charge is 0.289 e. The third-order valence-corrected chi connectivity index (χ3v) is 5.22. The molecule has 1 aliphatic heterocycles. The summed E-state index contributed by atoms with van der Waals surface area (Å²) in [5, 5.41) is 4.74. The molecule has 6 heteroatoms. The van der Waals surface area contributed by atoms with Crippen LogP contribution in [-0.2, 0) is 6.54 Å². The highest BCUT2D eigenvalue weighted by Crippen LogP contribution is 2.20. The van der Waals surface area contributed by atoms with Gasteiger partial charge in [0.15, 0.2) is 5.76 Å². The fourth-order valence-corrected chi connectivity index (χ4v) is 3.61. The van der Waals surface area contributed by atoms with E-state index in [0.29, 0.717) is 18.8 Å². The normalized spacial score (nSPS) is 15.3. The van der Waals surface area contributed by atoms with Gasteiger partial charge >= 0.3 is 0 Å². The van der Waals surface area contributed by atoms with E-state index >= 15 is 0 Å². The SMILES string of the molecule is Cc1nn(-c2ccccc2)c(C)c1CN1CCN(C(=O)c2ccco2)CC1. The van der Waals surface area contributed by atoms with Crippen LogP contribution in [0.1, 0.15) is 27.5 Å². The zero-order valence-corrected chi connectivity index (χ0v) is 15.8. The number of amides is 1. The first-order chi connectivity index (χ1) is 13.1. The Balaban J connectivity index is 1.42. The van der Waals surface area contributed by atoms with E-state index in [1.807, 2.05) is 27.8 Å². The van der Waals surface area contributed by atoms with E-state index in [1.165, 1.54) is 11.3 Å². The number of piperazine rings is 1. The minimum Gasteiger partial charge on any atom is -0.459 e. The van der Waals surface area contributed by atoms with Crippen molar-refractivity contribution in [2.75, 3.05) is 26.2 Å². The second-order valence-corrected chi connectivity index (χ2v) is 6.94. The number of aromatic nitrogens is 2. The molecule has 0 saturated carbocycles. The molecule has 1 aromatic carbocycles. The Morgan fingerprint density at radius 3 is 2.44 bits per heavy atom. The van der Waals surface area contributed by atoms with Gasteiger partial charge in [0.2, 0.25) is 0 Å². The third kappa shape index (κ3) is 3.53. The van der Waals surface area contributed by atoms with Gasteiger partial charge in [-0.05, 0) is 38.1 Å². The summed E-state index contributed by atoms with van der Waals surface area (Å²) in [7, 11) is 0. The summed E-state index contributed by atoms with van der Waals surface area (Å²) in [5.74, 6) is 0.392. The molecule has 0 aliphatic carbocycles. The predicted molar refractivity (Wildman–Crippen MR) is 103 cm³/mol. The third-order valence-electron chi connectivity index (χ3n) is 5.22. The Morgan fingerprint density at radius 2 is 1.78 bits per heavy atom. The Kier molecular flexibility index (Phi) is 4.81. The number of benzene rings is 1. The second kappa shape index (κ2) is 7.40. The van der Waals surface area contributed by atoms with Crippen molar-refractivity contribution in [1.82, 2.24) is 19.6 Å². The van der Waals surface area contributed by atoms with Crippen LogP contribution in [-0.4, -0.2) is 51.7 Å². The molecule has 0 bridgehead atoms. The number of carbonyl (C=O) groups excluding carboxylic acids is 1. The summed E-state index contributed by atoms with van der Waals surface area (Å²) in [6.07, 6.45) is 1.54. The van der Waals surface area contributed by atoms with Crippen LogP contribution in [0.25, 0.3) is 5.69 Å². The Hall–Kier alpha value is -2.86. The van der Waals surface area contributed by atoms with Gasteiger partial charge in [-0.15, -0.1) is 0 Å². The zero-order chi connectivity index (χ0) is 18.8. The molecule has 1 aliphatic rings. The van der Waals surface area contributed by atoms with E-state index < -0.39 is 0 Å². The quantitative estimate of drug-likeness (QED) is 0.714. The lowest BCUT2D eigenvalue weighted by atomic mass is 10.1. The maximum absolute atomic E-state index is 12.4. The Morgan fingerprint density at radius 1 is 1.04 bits per heavy atom. The molecule has 0 unspecified atom stereocenters. The topological polar surface area (TPSA) is 54.5 Å². The zero-order valence-electron chi connectivity index (χ0n) is 15.8. The molecule has 140 valence electrons. The van der Waals surface area contributed by atoms with Crippen LogP contribution in [0, 0.1) is 13.8 Å². The first-order valence-electron chi connectivity index (χ1n) is 9.29. The molecule has 6 nitrogen and oxygen atoms in total. The highest BCUT2D eigenvalue weighted by atomic mass is 16.3. The van der Waals surface area contributed by atoms with Gasteiger partial charge in [0.05, 0.1) is 17.6 Å². The van der Waals surface area contributed by atoms with E-state index in [9.17, 15) is 4.79 Å². The molecule has 0 spiro atoms. The lowest BCUT2D eigenvalue weighted by Gasteiger charge is -2.34. The van der Waals surface area contributed by atoms with E-state index in [4.69, 9.17) is 9.52 Å². The van der Waals surface area contributed by atoms with Crippen molar-refractivity contribution in [2.24, 2.45) is 0 Å². The Bertz CT molecular complexity index is 907. The lowest BCUT2D eigenvalue weighted by molar-refractivity contribution is 0.0597. The summed E-state index contributed by atoms with van der Waals surface area (Å²) in [5.41, 5.74) is 4.58. The van der Waals surface area contributed by atoms with Gasteiger partial charge in [-0.1, -0.05) is 18.2 Å². The average molecular weight is 364 g/mol. The molecule has 1 fully saturated rings. The lowest BCUT2D eigenvalue weighted by Crippen LogP contribution is -2.48. The maximum Gasteiger partial charge on any atom is 0.289 e. The van der Waals surface area contributed by atoms with Crippen LogP contribution < -0.4 is 0 Å². The van der Waals surface area contributed by atoms with Crippen molar-refractivity contribution in [3.8, 4) is 5.69 Å². The second-order valence-electron chi connectivity index (χ2n) is 6.94. The standard InChI is InChI=1S/C21H24N4O2/c1-16-19(17(2)25(22-16)18-7-4-3-5-8-18)15-23-10-12-24(13-11-23)21(26)20-9-6-14-27-20/h3-9,14H,10-13,15H2,1-2H3. The van der Waals surface area contributed by atoms with Gasteiger partial charge in [0.1, 0.15) is 0 Å². The monoisotopic (exact) mass is 364 g/mol. The molecule has 4 rings (SSSR count). The highest BCUT2D eigenvalue weighted by molar-refractivity contribution is 5.91. The minimum absolute atomic E-state index is 0.0242. The number of para-hydroxylation sites is 1. The van der Waals surface area contributed by atoms with Gasteiger partial charge < -0.3 is 9.32 Å². The van der Waals surface area contributed by atoms with Gasteiger partial charge in [0, 0.05) is 44.0 Å². The number of furan rings is 1. The number of nitrogens with zero attached hydrogens (tertiary/aromatic N) is 4. The fraction of sp³-hybridized carbons (Fsp3) is 0.333. The predicted octanol–water partition coefficient (Wildman–Crippen LogP) is 3.04. The van der Waals surface area contributed by atoms with E-state index in [2.05, 4.69) is 30.9 Å². The van der Waals surface area contributed by atoms with E-state index in [-0.39, 0.29) is 5.91 Å². The van der Waals surface area contributed by atoms with Crippen molar-refractivity contribution in [3.63, 3.8) is 0 Å². The van der Waals surface area contributed by atoms with Crippen molar-refractivity contribution >= 4 is 5.91 Å². The van der Waals surface area contributed by atoms with E-state index in [1.54, 1.807) is 18.4 Å². The minimum atomic E-state index is -0.0242. The largest absolute Gasteiger partial charge is 0.459 e. The van der Waals surface area contributed by atoms with Crippen LogP contribution in [0.4, 0.5) is 0 Å². The number of rotatable bonds is 4. The summed E-state index contributed by atoms with van der Waals surface area (Å²) in [6, 6.07) is 13.7. The van der Waals surface area contributed by atoms with Crippen molar-refractivity contribution < 1.29 is 9.21 Å². The molecule has 2 aromatic heterocycles. The molecule has 0 atom stereocenters. The average Bonchev–Trinajstić information content (AvgIpc) is 3.33. The molecule has 27 heavy (non-hydrogen) atoms. The van der Waals surface area contributed by atoms with Gasteiger partial charge in [-0.3, -0.25) is 9.69 Å². The van der Waals surface area contributed by atoms with Crippen LogP contribution in [0.5, 0.6) is 0 Å². The highest BCUT2D eigenvalue weighted by Gasteiger charge is 2.25. The maximum atomic E-state index is 12.4. The molecular formula is C21H24N4O2. The van der Waals surface area contributed by atoms with Crippen LogP contribution in [0.3, 0.4) is 0 Å². The number of hydrogen-bond donors (Lipinski definition) is 0. The molecule has 0 N–H and O–H groups in total. The summed E-state index contributed by atoms with van der Waals surface area (Å²) in [6.45, 7) is 8.17. The molecule has 0 radical (unpaired) electrons. The van der Waals surface area contributed by atoms with Crippen molar-refractivity contribution in [2.45, 2.75) is 20.4 Å². The molecule has 3 heterocycles. The molecule has 3 aromatic rings. The Labute approximate surface area is 159 Å². The van der Waals surface area contributed by atoms with Crippen LogP contribution >= 0.6 is 0 Å². The number of aryl methyl sites for hydroxylation is 1. The van der Waals surface area contributed by atoms with Crippen molar-refractivity contribution in [3.05, 3.63) is 71.4 Å². The van der Waals surface area contributed by atoms with Gasteiger partial charge in [-0.2, -0.15) is 5.10 Å². The van der Waals surface area contributed by atoms with E-state index in [0.717, 1.165) is 31.0 Å². The molecule has 1 amide bonds. The fourth-order valence-electron chi connectivity index (χ4n) is 3.61. The summed E-state index contributed by atoms with van der Waals surface area (Å²) >= 11 is 0. The van der Waals surface area contributed by atoms with Crippen LogP contribution in [0.2, 0.25) is 0 Å². The molecular weight excluding hydrogens is 340 g/mol. The van der Waals surface area contributed by atoms with Crippen molar-refractivity contribution in [1.29, 1.82) is 0 Å². The molecule has 1 saturated heterocycles. The van der Waals surface area contributed by atoms with Gasteiger partial charge in [0.25, 0.3) is 5.91 Å². The summed E-state index contributed by atoms with van der Waals surface area (Å²) < 4.78 is 7.25. The summed E-state index contributed by atoms with van der Waals surface area (Å²) in [4.78, 5) is 16.6. The number of carbonyl (C=O) groups is 1. The van der Waals surface area contributed by atoms with Gasteiger partial charge in [-0.25, -0.2) is 4.68 Å². The number of hydrogen-bond acceptors (Lipinski definition) is 4. The van der Waals surface area contributed by atoms with Crippen LogP contribution in [0.15, 0.2) is 53.1 Å². The first-order valence-corrected chi connectivity index (χ1v) is 9.29.